The van der Waals surface area contributed by atoms with E-state index in [9.17, 15) is 0 Å². The molecule has 0 saturated carbocycles. The van der Waals surface area contributed by atoms with Crippen LogP contribution in [0.5, 0.6) is 0 Å². The van der Waals surface area contributed by atoms with Gasteiger partial charge < -0.3 is 5.32 Å². The molecule has 2 unspecified atom stereocenters. The summed E-state index contributed by atoms with van der Waals surface area (Å²) in [6.07, 6.45) is 6.16. The monoisotopic (exact) mass is 247 g/mol. The number of nitrogens with one attached hydrogen (secondary N) is 1. The maximum absolute atomic E-state index is 3.76. The summed E-state index contributed by atoms with van der Waals surface area (Å²) in [6.45, 7) is 9.03. The maximum Gasteiger partial charge on any atom is 0.0319 e. The highest BCUT2D eigenvalue weighted by Gasteiger charge is 2.11. The van der Waals surface area contributed by atoms with Crippen molar-refractivity contribution >= 4 is 0 Å². The normalized spacial score (nSPS) is 14.4. The molecule has 1 rings (SSSR count). The molecule has 1 heteroatoms. The second-order valence-electron chi connectivity index (χ2n) is 5.27. The smallest absolute Gasteiger partial charge is 0.0319 e. The lowest BCUT2D eigenvalue weighted by molar-refractivity contribution is 0.418. The van der Waals surface area contributed by atoms with Crippen molar-refractivity contribution in [3.05, 3.63) is 35.4 Å². The zero-order valence-corrected chi connectivity index (χ0v) is 12.5. The van der Waals surface area contributed by atoms with Gasteiger partial charge in [-0.1, -0.05) is 57.9 Å². The Labute approximate surface area is 113 Å². The van der Waals surface area contributed by atoms with Crippen LogP contribution in [-0.2, 0) is 6.42 Å². The predicted octanol–water partition coefficient (Wildman–Crippen LogP) is 4.87. The minimum Gasteiger partial charge on any atom is -0.307 e. The molecule has 2 atom stereocenters. The van der Waals surface area contributed by atoms with Crippen molar-refractivity contribution in [2.45, 2.75) is 71.9 Å². The Bertz CT molecular complexity index is 315. The molecule has 0 aliphatic rings. The van der Waals surface area contributed by atoms with E-state index in [1.54, 1.807) is 0 Å². The van der Waals surface area contributed by atoms with E-state index in [-0.39, 0.29) is 0 Å². The molecule has 0 fully saturated rings. The van der Waals surface area contributed by atoms with Crippen LogP contribution in [0.1, 0.15) is 70.5 Å². The second kappa shape index (κ2) is 8.31. The molecule has 1 aromatic carbocycles. The van der Waals surface area contributed by atoms with Crippen LogP contribution in [0.25, 0.3) is 0 Å². The summed E-state index contributed by atoms with van der Waals surface area (Å²) in [7, 11) is 0. The number of hydrogen-bond acceptors (Lipinski definition) is 1. The van der Waals surface area contributed by atoms with E-state index >= 15 is 0 Å². The molecular weight excluding hydrogens is 218 g/mol. The number of benzene rings is 1. The third-order valence-electron chi connectivity index (χ3n) is 3.67. The lowest BCUT2D eigenvalue weighted by atomic mass is 10.0. The Kier molecular flexibility index (Phi) is 7.04. The molecule has 0 aromatic heterocycles. The van der Waals surface area contributed by atoms with Gasteiger partial charge in [0.15, 0.2) is 0 Å². The van der Waals surface area contributed by atoms with E-state index in [4.69, 9.17) is 0 Å². The summed E-state index contributed by atoms with van der Waals surface area (Å²) in [5.74, 6) is 0. The molecule has 0 bridgehead atoms. The first-order valence-electron chi connectivity index (χ1n) is 7.56. The quantitative estimate of drug-likeness (QED) is 0.691. The zero-order chi connectivity index (χ0) is 13.4. The standard InChI is InChI=1S/C17H29N/c1-5-8-9-14(4)18-17(7-3)16-12-10-15(6-2)11-13-16/h10-14,17-18H,5-9H2,1-4H3. The average Bonchev–Trinajstić information content (AvgIpc) is 2.42. The first-order chi connectivity index (χ1) is 8.71. The van der Waals surface area contributed by atoms with Gasteiger partial charge in [0, 0.05) is 12.1 Å². The minimum atomic E-state index is 0.503. The molecule has 0 radical (unpaired) electrons. The summed E-state index contributed by atoms with van der Waals surface area (Å²) in [4.78, 5) is 0. The molecule has 18 heavy (non-hydrogen) atoms. The van der Waals surface area contributed by atoms with Crippen LogP contribution in [0.15, 0.2) is 24.3 Å². The Morgan fingerprint density at radius 1 is 1.06 bits per heavy atom. The second-order valence-corrected chi connectivity index (χ2v) is 5.27. The van der Waals surface area contributed by atoms with Gasteiger partial charge in [-0.05, 0) is 37.3 Å². The number of unbranched alkanes of at least 4 members (excludes halogenated alkanes) is 1. The van der Waals surface area contributed by atoms with E-state index in [1.165, 1.54) is 30.4 Å². The van der Waals surface area contributed by atoms with Gasteiger partial charge in [0.2, 0.25) is 0 Å². The van der Waals surface area contributed by atoms with Gasteiger partial charge in [-0.2, -0.15) is 0 Å². The predicted molar refractivity (Wildman–Crippen MR) is 81.0 cm³/mol. The van der Waals surface area contributed by atoms with Gasteiger partial charge in [-0.15, -0.1) is 0 Å². The number of hydrogen-bond donors (Lipinski definition) is 1. The SMILES string of the molecule is CCCCC(C)NC(CC)c1ccc(CC)cc1. The minimum absolute atomic E-state index is 0.503. The van der Waals surface area contributed by atoms with Crippen LogP contribution in [0.2, 0.25) is 0 Å². The summed E-state index contributed by atoms with van der Waals surface area (Å²) < 4.78 is 0. The summed E-state index contributed by atoms with van der Waals surface area (Å²) in [5.41, 5.74) is 2.85. The summed E-state index contributed by atoms with van der Waals surface area (Å²) >= 11 is 0. The van der Waals surface area contributed by atoms with Crippen LogP contribution >= 0.6 is 0 Å². The van der Waals surface area contributed by atoms with Crippen LogP contribution in [-0.4, -0.2) is 6.04 Å². The zero-order valence-electron chi connectivity index (χ0n) is 12.5. The van der Waals surface area contributed by atoms with E-state index in [2.05, 4.69) is 57.3 Å². The fourth-order valence-corrected chi connectivity index (χ4v) is 2.37. The lowest BCUT2D eigenvalue weighted by Gasteiger charge is -2.23. The van der Waals surface area contributed by atoms with Gasteiger partial charge in [0.1, 0.15) is 0 Å². The van der Waals surface area contributed by atoms with E-state index in [1.807, 2.05) is 0 Å². The summed E-state index contributed by atoms with van der Waals surface area (Å²) in [5, 5.41) is 3.76. The first-order valence-corrected chi connectivity index (χ1v) is 7.56. The van der Waals surface area contributed by atoms with Gasteiger partial charge >= 0.3 is 0 Å². The third kappa shape index (κ3) is 4.81. The van der Waals surface area contributed by atoms with Crippen molar-refractivity contribution < 1.29 is 0 Å². The topological polar surface area (TPSA) is 12.0 Å². The fraction of sp³-hybridized carbons (Fsp3) is 0.647. The Balaban J connectivity index is 2.58. The Morgan fingerprint density at radius 3 is 2.22 bits per heavy atom. The van der Waals surface area contributed by atoms with Crippen molar-refractivity contribution in [2.75, 3.05) is 0 Å². The van der Waals surface area contributed by atoms with Crippen LogP contribution < -0.4 is 5.32 Å². The molecule has 0 aliphatic carbocycles. The highest BCUT2D eigenvalue weighted by molar-refractivity contribution is 5.25. The maximum atomic E-state index is 3.76. The molecule has 1 nitrogen and oxygen atoms in total. The highest BCUT2D eigenvalue weighted by Crippen LogP contribution is 2.19. The fourth-order valence-electron chi connectivity index (χ4n) is 2.37. The van der Waals surface area contributed by atoms with Crippen LogP contribution in [0, 0.1) is 0 Å². The van der Waals surface area contributed by atoms with E-state index in [0.717, 1.165) is 12.8 Å². The van der Waals surface area contributed by atoms with Crippen LogP contribution in [0.4, 0.5) is 0 Å². The van der Waals surface area contributed by atoms with Crippen LogP contribution in [0.3, 0.4) is 0 Å². The highest BCUT2D eigenvalue weighted by atomic mass is 14.9. The van der Waals surface area contributed by atoms with Gasteiger partial charge in [0.05, 0.1) is 0 Å². The Morgan fingerprint density at radius 2 is 1.72 bits per heavy atom. The number of rotatable bonds is 8. The lowest BCUT2D eigenvalue weighted by Crippen LogP contribution is -2.30. The molecular formula is C17H29N. The molecule has 0 aliphatic heterocycles. The van der Waals surface area contributed by atoms with Gasteiger partial charge in [-0.25, -0.2) is 0 Å². The molecule has 0 spiro atoms. The van der Waals surface area contributed by atoms with E-state index < -0.39 is 0 Å². The van der Waals surface area contributed by atoms with Crippen molar-refractivity contribution in [2.24, 2.45) is 0 Å². The largest absolute Gasteiger partial charge is 0.307 e. The van der Waals surface area contributed by atoms with Crippen molar-refractivity contribution in [3.8, 4) is 0 Å². The summed E-state index contributed by atoms with van der Waals surface area (Å²) in [6, 6.07) is 10.2. The molecule has 102 valence electrons. The Hall–Kier alpha value is -0.820. The van der Waals surface area contributed by atoms with Crippen molar-refractivity contribution in [1.82, 2.24) is 5.32 Å². The molecule has 0 heterocycles. The van der Waals surface area contributed by atoms with Gasteiger partial charge in [-0.3, -0.25) is 0 Å². The third-order valence-corrected chi connectivity index (χ3v) is 3.67. The van der Waals surface area contributed by atoms with Crippen molar-refractivity contribution in [3.63, 3.8) is 0 Å². The first kappa shape index (κ1) is 15.2. The number of aryl methyl sites for hydroxylation is 1. The van der Waals surface area contributed by atoms with E-state index in [0.29, 0.717) is 12.1 Å². The molecule has 0 saturated heterocycles. The average molecular weight is 247 g/mol. The molecule has 1 N–H and O–H groups in total. The van der Waals surface area contributed by atoms with Crippen molar-refractivity contribution in [1.29, 1.82) is 0 Å². The molecule has 1 aromatic rings. The molecule has 0 amide bonds. The van der Waals surface area contributed by atoms with Gasteiger partial charge in [0.25, 0.3) is 0 Å².